The molecule has 0 heterocycles. The SMILES string of the molecule is Cc1ccc(C(CC(=O)O)CC(=O)NC(C)C)cc1. The van der Waals surface area contributed by atoms with Crippen molar-refractivity contribution in [2.75, 3.05) is 0 Å². The first-order chi connectivity index (χ1) is 8.88. The van der Waals surface area contributed by atoms with E-state index < -0.39 is 5.97 Å². The monoisotopic (exact) mass is 263 g/mol. The first-order valence-corrected chi connectivity index (χ1v) is 6.46. The van der Waals surface area contributed by atoms with Gasteiger partial charge in [-0.25, -0.2) is 0 Å². The van der Waals surface area contributed by atoms with Crippen LogP contribution < -0.4 is 5.32 Å². The Hall–Kier alpha value is -1.84. The quantitative estimate of drug-likeness (QED) is 0.828. The van der Waals surface area contributed by atoms with Gasteiger partial charge in [-0.15, -0.1) is 0 Å². The van der Waals surface area contributed by atoms with E-state index in [1.54, 1.807) is 0 Å². The largest absolute Gasteiger partial charge is 0.481 e. The maximum Gasteiger partial charge on any atom is 0.303 e. The lowest BCUT2D eigenvalue weighted by molar-refractivity contribution is -0.137. The van der Waals surface area contributed by atoms with E-state index in [0.717, 1.165) is 11.1 Å². The molecule has 0 saturated carbocycles. The van der Waals surface area contributed by atoms with Gasteiger partial charge >= 0.3 is 5.97 Å². The van der Waals surface area contributed by atoms with Crippen LogP contribution >= 0.6 is 0 Å². The topological polar surface area (TPSA) is 66.4 Å². The maximum absolute atomic E-state index is 11.8. The number of aryl methyl sites for hydroxylation is 1. The van der Waals surface area contributed by atoms with E-state index >= 15 is 0 Å². The summed E-state index contributed by atoms with van der Waals surface area (Å²) in [6, 6.07) is 7.72. The van der Waals surface area contributed by atoms with Crippen LogP contribution in [0.5, 0.6) is 0 Å². The molecule has 0 spiro atoms. The maximum atomic E-state index is 11.8. The van der Waals surface area contributed by atoms with Crippen LogP contribution in [0.2, 0.25) is 0 Å². The van der Waals surface area contributed by atoms with Crippen LogP contribution in [0.3, 0.4) is 0 Å². The van der Waals surface area contributed by atoms with Crippen molar-refractivity contribution in [1.82, 2.24) is 5.32 Å². The lowest BCUT2D eigenvalue weighted by Gasteiger charge is -2.16. The molecule has 4 nitrogen and oxygen atoms in total. The fraction of sp³-hybridized carbons (Fsp3) is 0.467. The van der Waals surface area contributed by atoms with Crippen molar-refractivity contribution in [3.63, 3.8) is 0 Å². The molecule has 1 atom stereocenters. The molecule has 0 radical (unpaired) electrons. The van der Waals surface area contributed by atoms with Crippen LogP contribution in [-0.2, 0) is 9.59 Å². The third-order valence-electron chi connectivity index (χ3n) is 2.85. The van der Waals surface area contributed by atoms with Crippen LogP contribution in [0, 0.1) is 6.92 Å². The second kappa shape index (κ2) is 6.92. The second-order valence-electron chi connectivity index (χ2n) is 5.13. The lowest BCUT2D eigenvalue weighted by atomic mass is 9.91. The third-order valence-corrected chi connectivity index (χ3v) is 2.85. The van der Waals surface area contributed by atoms with Crippen LogP contribution in [0.4, 0.5) is 0 Å². The number of amides is 1. The van der Waals surface area contributed by atoms with Crippen molar-refractivity contribution in [3.05, 3.63) is 35.4 Å². The van der Waals surface area contributed by atoms with Gasteiger partial charge in [-0.1, -0.05) is 29.8 Å². The molecule has 1 amide bonds. The van der Waals surface area contributed by atoms with Crippen molar-refractivity contribution in [2.24, 2.45) is 0 Å². The summed E-state index contributed by atoms with van der Waals surface area (Å²) in [4.78, 5) is 22.7. The molecule has 4 heteroatoms. The fourth-order valence-electron chi connectivity index (χ4n) is 1.96. The molecule has 0 aliphatic heterocycles. The Kier molecular flexibility index (Phi) is 5.55. The van der Waals surface area contributed by atoms with E-state index in [4.69, 9.17) is 5.11 Å². The number of benzene rings is 1. The molecule has 104 valence electrons. The zero-order valence-electron chi connectivity index (χ0n) is 11.6. The van der Waals surface area contributed by atoms with Crippen LogP contribution in [0.25, 0.3) is 0 Å². The van der Waals surface area contributed by atoms with E-state index in [0.29, 0.717) is 0 Å². The van der Waals surface area contributed by atoms with Gasteiger partial charge in [0.05, 0.1) is 6.42 Å². The summed E-state index contributed by atoms with van der Waals surface area (Å²) in [5, 5.41) is 11.8. The summed E-state index contributed by atoms with van der Waals surface area (Å²) in [6.45, 7) is 5.74. The number of hydrogen-bond acceptors (Lipinski definition) is 2. The fourth-order valence-corrected chi connectivity index (χ4v) is 1.96. The van der Waals surface area contributed by atoms with E-state index in [2.05, 4.69) is 5.32 Å². The molecule has 2 N–H and O–H groups in total. The molecule has 0 aliphatic rings. The molecule has 1 aromatic rings. The number of carboxylic acid groups (broad SMARTS) is 1. The number of nitrogens with one attached hydrogen (secondary N) is 1. The number of aliphatic carboxylic acids is 1. The number of carbonyl (C=O) groups excluding carboxylic acids is 1. The molecule has 0 aliphatic carbocycles. The van der Waals surface area contributed by atoms with Crippen LogP contribution in [0.1, 0.15) is 43.7 Å². The van der Waals surface area contributed by atoms with Gasteiger partial charge in [0.2, 0.25) is 5.91 Å². The Labute approximate surface area is 113 Å². The molecule has 19 heavy (non-hydrogen) atoms. The average Bonchev–Trinajstić information content (AvgIpc) is 2.27. The summed E-state index contributed by atoms with van der Waals surface area (Å²) in [7, 11) is 0. The van der Waals surface area contributed by atoms with Crippen molar-refractivity contribution in [3.8, 4) is 0 Å². The molecule has 0 bridgehead atoms. The minimum absolute atomic E-state index is 0.0332. The van der Waals surface area contributed by atoms with E-state index in [-0.39, 0.29) is 30.7 Å². The van der Waals surface area contributed by atoms with Crippen molar-refractivity contribution < 1.29 is 14.7 Å². The Bertz CT molecular complexity index is 437. The Balaban J connectivity index is 2.79. The minimum atomic E-state index is -0.886. The van der Waals surface area contributed by atoms with E-state index in [1.165, 1.54) is 0 Å². The average molecular weight is 263 g/mol. The van der Waals surface area contributed by atoms with Gasteiger partial charge in [0.15, 0.2) is 0 Å². The number of carboxylic acids is 1. The zero-order chi connectivity index (χ0) is 14.4. The van der Waals surface area contributed by atoms with Gasteiger partial charge in [-0.2, -0.15) is 0 Å². The van der Waals surface area contributed by atoms with E-state index in [9.17, 15) is 9.59 Å². The smallest absolute Gasteiger partial charge is 0.303 e. The van der Waals surface area contributed by atoms with E-state index in [1.807, 2.05) is 45.0 Å². The molecular formula is C15H21NO3. The Morgan fingerprint density at radius 1 is 1.16 bits per heavy atom. The predicted molar refractivity (Wildman–Crippen MR) is 74.1 cm³/mol. The minimum Gasteiger partial charge on any atom is -0.481 e. The highest BCUT2D eigenvalue weighted by Crippen LogP contribution is 2.24. The van der Waals surface area contributed by atoms with Gasteiger partial charge in [-0.05, 0) is 26.3 Å². The normalized spacial score (nSPS) is 12.2. The summed E-state index contributed by atoms with van der Waals surface area (Å²) in [6.07, 6.45) is 0.169. The molecule has 1 unspecified atom stereocenters. The Morgan fingerprint density at radius 3 is 2.21 bits per heavy atom. The molecule has 0 saturated heterocycles. The lowest BCUT2D eigenvalue weighted by Crippen LogP contribution is -2.31. The summed E-state index contributed by atoms with van der Waals surface area (Å²) in [5.74, 6) is -1.28. The van der Waals surface area contributed by atoms with Crippen LogP contribution in [0.15, 0.2) is 24.3 Å². The molecule has 1 aromatic carbocycles. The van der Waals surface area contributed by atoms with Crippen molar-refractivity contribution in [1.29, 1.82) is 0 Å². The summed E-state index contributed by atoms with van der Waals surface area (Å²) < 4.78 is 0. The highest BCUT2D eigenvalue weighted by atomic mass is 16.4. The number of rotatable bonds is 6. The molecule has 0 fully saturated rings. The first-order valence-electron chi connectivity index (χ1n) is 6.46. The summed E-state index contributed by atoms with van der Waals surface area (Å²) >= 11 is 0. The van der Waals surface area contributed by atoms with Gasteiger partial charge < -0.3 is 10.4 Å². The molecular weight excluding hydrogens is 242 g/mol. The predicted octanol–water partition coefficient (Wildman–Crippen LogP) is 2.47. The van der Waals surface area contributed by atoms with Crippen molar-refractivity contribution >= 4 is 11.9 Å². The zero-order valence-corrected chi connectivity index (χ0v) is 11.6. The Morgan fingerprint density at radius 2 is 1.74 bits per heavy atom. The summed E-state index contributed by atoms with van der Waals surface area (Å²) in [5.41, 5.74) is 2.01. The van der Waals surface area contributed by atoms with Gasteiger partial charge in [-0.3, -0.25) is 9.59 Å². The second-order valence-corrected chi connectivity index (χ2v) is 5.13. The number of carbonyl (C=O) groups is 2. The van der Waals surface area contributed by atoms with Gasteiger partial charge in [0, 0.05) is 18.4 Å². The van der Waals surface area contributed by atoms with Gasteiger partial charge in [0.1, 0.15) is 0 Å². The van der Waals surface area contributed by atoms with Gasteiger partial charge in [0.25, 0.3) is 0 Å². The van der Waals surface area contributed by atoms with Crippen LogP contribution in [-0.4, -0.2) is 23.0 Å². The first kappa shape index (κ1) is 15.2. The highest BCUT2D eigenvalue weighted by Gasteiger charge is 2.19. The molecule has 1 rings (SSSR count). The highest BCUT2D eigenvalue weighted by molar-refractivity contribution is 5.78. The third kappa shape index (κ3) is 5.55. The van der Waals surface area contributed by atoms with Crippen molar-refractivity contribution in [2.45, 2.75) is 45.6 Å². The standard InChI is InChI=1S/C15H21NO3/c1-10(2)16-14(17)8-13(9-15(18)19)12-6-4-11(3)5-7-12/h4-7,10,13H,8-9H2,1-3H3,(H,16,17)(H,18,19). The molecule has 0 aromatic heterocycles. The number of hydrogen-bond donors (Lipinski definition) is 2.